The molecule has 0 spiro atoms. The Morgan fingerprint density at radius 2 is 1.71 bits per heavy atom. The van der Waals surface area contributed by atoms with Gasteiger partial charge in [0.05, 0.1) is 27.8 Å². The first kappa shape index (κ1) is 25.4. The van der Waals surface area contributed by atoms with Crippen LogP contribution in [0.2, 0.25) is 15.2 Å². The van der Waals surface area contributed by atoms with E-state index in [1.165, 1.54) is 18.5 Å². The van der Waals surface area contributed by atoms with Crippen molar-refractivity contribution in [1.29, 1.82) is 0 Å². The van der Waals surface area contributed by atoms with Gasteiger partial charge in [-0.1, -0.05) is 46.9 Å². The highest BCUT2D eigenvalue weighted by Gasteiger charge is 2.24. The van der Waals surface area contributed by atoms with E-state index < -0.39 is 23.8 Å². The predicted molar refractivity (Wildman–Crippen MR) is 129 cm³/mol. The van der Waals surface area contributed by atoms with E-state index >= 15 is 0 Å². The minimum Gasteiger partial charge on any atom is -0.464 e. The Balaban J connectivity index is 1.72. The summed E-state index contributed by atoms with van der Waals surface area (Å²) in [5.41, 5.74) is 0.883. The first-order chi connectivity index (χ1) is 16.3. The molecule has 0 fully saturated rings. The zero-order valence-corrected chi connectivity index (χ0v) is 20.1. The van der Waals surface area contributed by atoms with Crippen LogP contribution in [0.4, 0.5) is 5.82 Å². The summed E-state index contributed by atoms with van der Waals surface area (Å²) in [6.45, 7) is 1.81. The van der Waals surface area contributed by atoms with E-state index in [4.69, 9.17) is 39.5 Å². The molecule has 0 radical (unpaired) electrons. The molecular weight excluding hydrogens is 503 g/mol. The number of hydrogen-bond donors (Lipinski definition) is 2. The molecule has 176 valence electrons. The lowest BCUT2D eigenvalue weighted by molar-refractivity contribution is -0.145. The van der Waals surface area contributed by atoms with Crippen LogP contribution >= 0.6 is 34.8 Å². The molecule has 2 aromatic heterocycles. The highest BCUT2D eigenvalue weighted by molar-refractivity contribution is 6.40. The summed E-state index contributed by atoms with van der Waals surface area (Å²) in [4.78, 5) is 45.6. The van der Waals surface area contributed by atoms with E-state index in [9.17, 15) is 14.4 Å². The third-order valence-electron chi connectivity index (χ3n) is 4.58. The molecule has 3 rings (SSSR count). The van der Waals surface area contributed by atoms with Crippen molar-refractivity contribution in [3.63, 3.8) is 0 Å². The lowest BCUT2D eigenvalue weighted by Gasteiger charge is -2.18. The van der Waals surface area contributed by atoms with Crippen LogP contribution in [-0.2, 0) is 16.0 Å². The topological polar surface area (TPSA) is 110 Å². The van der Waals surface area contributed by atoms with Crippen LogP contribution < -0.4 is 10.6 Å². The zero-order valence-electron chi connectivity index (χ0n) is 17.8. The molecule has 8 nitrogen and oxygen atoms in total. The maximum atomic E-state index is 12.6. The Labute approximate surface area is 210 Å². The first-order valence-electron chi connectivity index (χ1n) is 10.1. The van der Waals surface area contributed by atoms with E-state index in [1.807, 2.05) is 0 Å². The standard InChI is InChI=1S/C23H19Cl3N4O4/c1-2-34-23(33)17(29-21(31)14-5-4-10-27-20(14)26)11-13-8-9-18(28-12-13)30-22(32)19-15(24)6-3-7-16(19)25/h3-10,12,17H,2,11H2,1H3,(H,29,31)(H,28,30,32). The van der Waals surface area contributed by atoms with Crippen molar-refractivity contribution in [2.45, 2.75) is 19.4 Å². The van der Waals surface area contributed by atoms with Gasteiger partial charge in [0, 0.05) is 18.8 Å². The van der Waals surface area contributed by atoms with Crippen LogP contribution in [0.15, 0.2) is 54.9 Å². The molecule has 2 amide bonds. The number of nitrogens with zero attached hydrogens (tertiary/aromatic N) is 2. The number of amides is 2. The van der Waals surface area contributed by atoms with E-state index in [2.05, 4.69) is 20.6 Å². The van der Waals surface area contributed by atoms with Gasteiger partial charge in [-0.25, -0.2) is 14.8 Å². The maximum Gasteiger partial charge on any atom is 0.328 e. The summed E-state index contributed by atoms with van der Waals surface area (Å²) in [7, 11) is 0. The van der Waals surface area contributed by atoms with Gasteiger partial charge in [0.1, 0.15) is 17.0 Å². The SMILES string of the molecule is CCOC(=O)C(Cc1ccc(NC(=O)c2c(Cl)cccc2Cl)nc1)NC(=O)c1cccnc1Cl. The van der Waals surface area contributed by atoms with Gasteiger partial charge in [0.25, 0.3) is 11.8 Å². The monoisotopic (exact) mass is 520 g/mol. The second-order valence-electron chi connectivity index (χ2n) is 6.93. The van der Waals surface area contributed by atoms with Gasteiger partial charge in [0.15, 0.2) is 0 Å². The second kappa shape index (κ2) is 11.8. The largest absolute Gasteiger partial charge is 0.464 e. The zero-order chi connectivity index (χ0) is 24.7. The number of pyridine rings is 2. The summed E-state index contributed by atoms with van der Waals surface area (Å²) < 4.78 is 5.09. The Hall–Kier alpha value is -3.20. The van der Waals surface area contributed by atoms with Gasteiger partial charge < -0.3 is 15.4 Å². The average Bonchev–Trinajstić information content (AvgIpc) is 2.80. The average molecular weight is 522 g/mol. The third-order valence-corrected chi connectivity index (χ3v) is 5.51. The minimum atomic E-state index is -0.993. The molecule has 0 saturated heterocycles. The first-order valence-corrected chi connectivity index (χ1v) is 11.2. The number of ether oxygens (including phenoxy) is 1. The minimum absolute atomic E-state index is 0.0167. The fourth-order valence-electron chi connectivity index (χ4n) is 2.98. The van der Waals surface area contributed by atoms with E-state index in [0.717, 1.165) is 0 Å². The van der Waals surface area contributed by atoms with Crippen molar-refractivity contribution in [3.05, 3.63) is 86.7 Å². The number of hydrogen-bond acceptors (Lipinski definition) is 6. The highest BCUT2D eigenvalue weighted by Crippen LogP contribution is 2.25. The van der Waals surface area contributed by atoms with Gasteiger partial charge in [-0.3, -0.25) is 9.59 Å². The van der Waals surface area contributed by atoms with Crippen molar-refractivity contribution >= 4 is 58.4 Å². The van der Waals surface area contributed by atoms with Crippen molar-refractivity contribution in [3.8, 4) is 0 Å². The predicted octanol–water partition coefficient (Wildman–Crippen LogP) is 4.59. The number of halogens is 3. The molecule has 2 N–H and O–H groups in total. The third kappa shape index (κ3) is 6.44. The molecule has 1 aromatic carbocycles. The molecule has 1 unspecified atom stereocenters. The van der Waals surface area contributed by atoms with Gasteiger partial charge in [-0.15, -0.1) is 0 Å². The molecule has 2 heterocycles. The highest BCUT2D eigenvalue weighted by atomic mass is 35.5. The van der Waals surface area contributed by atoms with Crippen LogP contribution in [0, 0.1) is 0 Å². The molecule has 0 bridgehead atoms. The number of nitrogens with one attached hydrogen (secondary N) is 2. The summed E-state index contributed by atoms with van der Waals surface area (Å²) in [5.74, 6) is -1.43. The van der Waals surface area contributed by atoms with Crippen LogP contribution in [-0.4, -0.2) is 40.4 Å². The lowest BCUT2D eigenvalue weighted by Crippen LogP contribution is -2.43. The molecule has 3 aromatic rings. The fraction of sp³-hybridized carbons (Fsp3) is 0.174. The number of rotatable bonds is 8. The van der Waals surface area contributed by atoms with Gasteiger partial charge in [-0.05, 0) is 42.8 Å². The molecule has 1 atom stereocenters. The number of carbonyl (C=O) groups excluding carboxylic acids is 3. The van der Waals surface area contributed by atoms with Gasteiger partial charge in [0.2, 0.25) is 0 Å². The second-order valence-corrected chi connectivity index (χ2v) is 8.10. The van der Waals surface area contributed by atoms with Gasteiger partial charge >= 0.3 is 5.97 Å². The summed E-state index contributed by atoms with van der Waals surface area (Å²) in [5, 5.41) is 5.68. The number of esters is 1. The number of anilines is 1. The Kier molecular flexibility index (Phi) is 8.81. The summed E-state index contributed by atoms with van der Waals surface area (Å²) in [6, 6.07) is 10.0. The van der Waals surface area contributed by atoms with Crippen LogP contribution in [0.1, 0.15) is 33.2 Å². The molecule has 11 heteroatoms. The van der Waals surface area contributed by atoms with E-state index in [1.54, 1.807) is 43.3 Å². The van der Waals surface area contributed by atoms with Crippen molar-refractivity contribution in [2.24, 2.45) is 0 Å². The van der Waals surface area contributed by atoms with E-state index in [0.29, 0.717) is 5.56 Å². The van der Waals surface area contributed by atoms with Crippen molar-refractivity contribution in [2.75, 3.05) is 11.9 Å². The van der Waals surface area contributed by atoms with Crippen LogP contribution in [0.5, 0.6) is 0 Å². The molecule has 0 aliphatic rings. The maximum absolute atomic E-state index is 12.6. The molecular formula is C23H19Cl3N4O4. The summed E-state index contributed by atoms with van der Waals surface area (Å²) in [6.07, 6.45) is 3.02. The molecule has 0 saturated carbocycles. The van der Waals surface area contributed by atoms with E-state index in [-0.39, 0.29) is 45.2 Å². The Morgan fingerprint density at radius 1 is 0.971 bits per heavy atom. The number of carbonyl (C=O) groups is 3. The number of aromatic nitrogens is 2. The fourth-order valence-corrected chi connectivity index (χ4v) is 3.75. The van der Waals surface area contributed by atoms with Crippen LogP contribution in [0.25, 0.3) is 0 Å². The van der Waals surface area contributed by atoms with Crippen molar-refractivity contribution in [1.82, 2.24) is 15.3 Å². The van der Waals surface area contributed by atoms with Crippen molar-refractivity contribution < 1.29 is 19.1 Å². The van der Waals surface area contributed by atoms with Crippen LogP contribution in [0.3, 0.4) is 0 Å². The smallest absolute Gasteiger partial charge is 0.328 e. The molecule has 0 aliphatic carbocycles. The molecule has 0 aliphatic heterocycles. The quantitative estimate of drug-likeness (QED) is 0.331. The normalized spacial score (nSPS) is 11.4. The number of benzene rings is 1. The Bertz CT molecular complexity index is 1180. The molecule has 34 heavy (non-hydrogen) atoms. The summed E-state index contributed by atoms with van der Waals surface area (Å²) >= 11 is 18.1. The Morgan fingerprint density at radius 3 is 2.32 bits per heavy atom. The van der Waals surface area contributed by atoms with Gasteiger partial charge in [-0.2, -0.15) is 0 Å². The lowest BCUT2D eigenvalue weighted by atomic mass is 10.1.